The molecule has 27 heavy (non-hydrogen) atoms. The number of benzene rings is 2. The summed E-state index contributed by atoms with van der Waals surface area (Å²) in [5.74, 6) is 0. The Balaban J connectivity index is 1.71. The lowest BCUT2D eigenvalue weighted by molar-refractivity contribution is 0.190. The lowest BCUT2D eigenvalue weighted by atomic mass is 10.1. The van der Waals surface area contributed by atoms with E-state index in [2.05, 4.69) is 15.3 Å². The second kappa shape index (κ2) is 9.33. The minimum absolute atomic E-state index is 0.295. The summed E-state index contributed by atoms with van der Waals surface area (Å²) in [5, 5.41) is 2.76. The second-order valence-electron chi connectivity index (χ2n) is 6.21. The SMILES string of the molecule is O=[C]C(Cc1c[nH]cn1)NC(=O)N(Cc1ccccc1)Cc1ccccc1. The molecule has 1 unspecified atom stereocenters. The summed E-state index contributed by atoms with van der Waals surface area (Å²) in [6.07, 6.45) is 5.42. The van der Waals surface area contributed by atoms with E-state index < -0.39 is 6.04 Å². The van der Waals surface area contributed by atoms with E-state index in [0.717, 1.165) is 11.1 Å². The van der Waals surface area contributed by atoms with Crippen LogP contribution in [0.3, 0.4) is 0 Å². The van der Waals surface area contributed by atoms with Crippen molar-refractivity contribution < 1.29 is 9.59 Å². The zero-order chi connectivity index (χ0) is 18.9. The van der Waals surface area contributed by atoms with Gasteiger partial charge in [0.05, 0.1) is 12.0 Å². The molecule has 1 heterocycles. The summed E-state index contributed by atoms with van der Waals surface area (Å²) in [4.78, 5) is 32.8. The number of rotatable bonds is 8. The van der Waals surface area contributed by atoms with Crippen molar-refractivity contribution in [1.82, 2.24) is 20.2 Å². The Bertz CT molecular complexity index is 794. The highest BCUT2D eigenvalue weighted by molar-refractivity contribution is 5.78. The average Bonchev–Trinajstić information content (AvgIpc) is 3.21. The molecule has 137 valence electrons. The maximum Gasteiger partial charge on any atom is 0.318 e. The summed E-state index contributed by atoms with van der Waals surface area (Å²) < 4.78 is 0. The molecule has 2 N–H and O–H groups in total. The fraction of sp³-hybridized carbons (Fsp3) is 0.190. The molecule has 2 aromatic carbocycles. The quantitative estimate of drug-likeness (QED) is 0.648. The zero-order valence-electron chi connectivity index (χ0n) is 14.8. The molecule has 0 aliphatic heterocycles. The Labute approximate surface area is 158 Å². The van der Waals surface area contributed by atoms with Crippen LogP contribution in [0.4, 0.5) is 4.79 Å². The smallest absolute Gasteiger partial charge is 0.318 e. The minimum atomic E-state index is -0.755. The molecule has 3 aromatic rings. The molecule has 3 rings (SSSR count). The topological polar surface area (TPSA) is 78.1 Å². The minimum Gasteiger partial charge on any atom is -0.351 e. The van der Waals surface area contributed by atoms with Crippen molar-refractivity contribution in [2.24, 2.45) is 0 Å². The molecule has 1 radical (unpaired) electrons. The van der Waals surface area contributed by atoms with Crippen LogP contribution in [-0.2, 0) is 24.3 Å². The molecule has 6 nitrogen and oxygen atoms in total. The van der Waals surface area contributed by atoms with Crippen molar-refractivity contribution in [3.8, 4) is 0 Å². The van der Waals surface area contributed by atoms with Crippen molar-refractivity contribution in [3.63, 3.8) is 0 Å². The summed E-state index contributed by atoms with van der Waals surface area (Å²) >= 11 is 0. The standard InChI is InChI=1S/C21H21N4O2/c26-15-20(11-19-12-22-16-23-19)24-21(27)25(13-17-7-3-1-4-8-17)14-18-9-5-2-6-10-18/h1-10,12,16,20H,11,13-14H2,(H,22,23)(H,24,27). The van der Waals surface area contributed by atoms with Crippen molar-refractivity contribution >= 4 is 12.3 Å². The fourth-order valence-electron chi connectivity index (χ4n) is 2.78. The Morgan fingerprint density at radius 3 is 2.11 bits per heavy atom. The van der Waals surface area contributed by atoms with Crippen LogP contribution in [0, 0.1) is 0 Å². The number of aromatic amines is 1. The summed E-state index contributed by atoms with van der Waals surface area (Å²) in [6, 6.07) is 18.4. The third-order valence-corrected chi connectivity index (χ3v) is 4.13. The number of carbonyl (C=O) groups is 1. The summed E-state index contributed by atoms with van der Waals surface area (Å²) in [7, 11) is 0. The largest absolute Gasteiger partial charge is 0.351 e. The lowest BCUT2D eigenvalue weighted by Gasteiger charge is -2.25. The van der Waals surface area contributed by atoms with Crippen LogP contribution in [0.1, 0.15) is 16.8 Å². The van der Waals surface area contributed by atoms with Crippen LogP contribution >= 0.6 is 0 Å². The molecule has 0 fully saturated rings. The monoisotopic (exact) mass is 361 g/mol. The number of aromatic nitrogens is 2. The van der Waals surface area contributed by atoms with Crippen molar-refractivity contribution in [2.75, 3.05) is 0 Å². The molecule has 0 saturated heterocycles. The summed E-state index contributed by atoms with van der Waals surface area (Å²) in [6.45, 7) is 0.880. The van der Waals surface area contributed by atoms with Crippen LogP contribution in [0.15, 0.2) is 73.2 Å². The van der Waals surface area contributed by atoms with Crippen LogP contribution in [-0.4, -0.2) is 33.2 Å². The second-order valence-corrected chi connectivity index (χ2v) is 6.21. The molecule has 6 heteroatoms. The number of hydrogen-bond donors (Lipinski definition) is 2. The van der Waals surface area contributed by atoms with Crippen molar-refractivity contribution in [3.05, 3.63) is 90.0 Å². The number of nitrogens with one attached hydrogen (secondary N) is 2. The highest BCUT2D eigenvalue weighted by Gasteiger charge is 2.20. The molecule has 0 spiro atoms. The van der Waals surface area contributed by atoms with E-state index in [4.69, 9.17) is 0 Å². The third-order valence-electron chi connectivity index (χ3n) is 4.13. The van der Waals surface area contributed by atoms with E-state index in [1.165, 1.54) is 6.33 Å². The first kappa shape index (κ1) is 18.4. The number of carbonyl (C=O) groups excluding carboxylic acids is 2. The van der Waals surface area contributed by atoms with Crippen LogP contribution in [0.5, 0.6) is 0 Å². The third kappa shape index (κ3) is 5.54. The van der Waals surface area contributed by atoms with Crippen molar-refractivity contribution in [2.45, 2.75) is 25.6 Å². The van der Waals surface area contributed by atoms with Gasteiger partial charge in [-0.25, -0.2) is 9.78 Å². The molecule has 1 aromatic heterocycles. The Hall–Kier alpha value is -3.41. The molecular formula is C21H21N4O2. The number of amides is 2. The zero-order valence-corrected chi connectivity index (χ0v) is 14.8. The number of hydrogen-bond acceptors (Lipinski definition) is 3. The molecule has 2 amide bonds. The van der Waals surface area contributed by atoms with Crippen LogP contribution < -0.4 is 5.32 Å². The van der Waals surface area contributed by atoms with E-state index in [1.54, 1.807) is 11.1 Å². The molecule has 0 aliphatic carbocycles. The van der Waals surface area contributed by atoms with Gasteiger partial charge >= 0.3 is 6.03 Å². The van der Waals surface area contributed by atoms with E-state index in [-0.39, 0.29) is 6.03 Å². The normalized spacial score (nSPS) is 11.6. The molecule has 1 atom stereocenters. The van der Waals surface area contributed by atoms with Gasteiger partial charge in [0.2, 0.25) is 6.29 Å². The first-order valence-corrected chi connectivity index (χ1v) is 8.73. The predicted molar refractivity (Wildman–Crippen MR) is 102 cm³/mol. The maximum absolute atomic E-state index is 12.9. The first-order valence-electron chi connectivity index (χ1n) is 8.73. The van der Waals surface area contributed by atoms with Gasteiger partial charge in [-0.3, -0.25) is 4.79 Å². The molecule has 0 aliphatic rings. The highest BCUT2D eigenvalue weighted by Crippen LogP contribution is 2.11. The van der Waals surface area contributed by atoms with E-state index in [9.17, 15) is 9.59 Å². The predicted octanol–water partition coefficient (Wildman–Crippen LogP) is 2.84. The first-order chi connectivity index (χ1) is 13.2. The number of urea groups is 1. The van der Waals surface area contributed by atoms with Gasteiger partial charge in [0, 0.05) is 25.7 Å². The van der Waals surface area contributed by atoms with Gasteiger partial charge < -0.3 is 15.2 Å². The number of nitrogens with zero attached hydrogens (tertiary/aromatic N) is 2. The van der Waals surface area contributed by atoms with Crippen LogP contribution in [0.25, 0.3) is 0 Å². The number of H-pyrrole nitrogens is 1. The molecular weight excluding hydrogens is 340 g/mol. The van der Waals surface area contributed by atoms with E-state index >= 15 is 0 Å². The maximum atomic E-state index is 12.9. The van der Waals surface area contributed by atoms with Gasteiger partial charge in [0.25, 0.3) is 0 Å². The highest BCUT2D eigenvalue weighted by atomic mass is 16.2. The van der Waals surface area contributed by atoms with E-state index in [0.29, 0.717) is 25.2 Å². The average molecular weight is 361 g/mol. The number of imidazole rings is 1. The molecule has 0 saturated carbocycles. The Morgan fingerprint density at radius 2 is 1.63 bits per heavy atom. The van der Waals surface area contributed by atoms with Gasteiger partial charge in [-0.15, -0.1) is 0 Å². The van der Waals surface area contributed by atoms with E-state index in [1.807, 2.05) is 66.9 Å². The Morgan fingerprint density at radius 1 is 1.04 bits per heavy atom. The molecule has 0 bridgehead atoms. The van der Waals surface area contributed by atoms with Gasteiger partial charge in [-0.1, -0.05) is 60.7 Å². The lowest BCUT2D eigenvalue weighted by Crippen LogP contribution is -2.45. The fourth-order valence-corrected chi connectivity index (χ4v) is 2.78. The van der Waals surface area contributed by atoms with Gasteiger partial charge in [-0.2, -0.15) is 0 Å². The van der Waals surface area contributed by atoms with Gasteiger partial charge in [0.15, 0.2) is 0 Å². The summed E-state index contributed by atoms with van der Waals surface area (Å²) in [5.41, 5.74) is 2.73. The van der Waals surface area contributed by atoms with Gasteiger partial charge in [0.1, 0.15) is 6.04 Å². The van der Waals surface area contributed by atoms with Gasteiger partial charge in [-0.05, 0) is 11.1 Å². The van der Waals surface area contributed by atoms with Crippen LogP contribution in [0.2, 0.25) is 0 Å². The van der Waals surface area contributed by atoms with Crippen molar-refractivity contribution in [1.29, 1.82) is 0 Å². The Kier molecular flexibility index (Phi) is 6.35.